The number of methoxy groups -OCH3 is 1. The fourth-order valence-corrected chi connectivity index (χ4v) is 1.63. The minimum atomic E-state index is 0. The number of hydrogen-bond donors (Lipinski definition) is 1. The number of ether oxygens (including phenoxy) is 2. The topological polar surface area (TPSA) is 47.7 Å². The number of nitrogens with zero attached hydrogens (tertiary/aromatic N) is 1. The van der Waals surface area contributed by atoms with Crippen molar-refractivity contribution >= 4 is 12.4 Å². The lowest BCUT2D eigenvalue weighted by Gasteiger charge is -2.39. The van der Waals surface area contributed by atoms with Crippen molar-refractivity contribution in [2.24, 2.45) is 5.73 Å². The summed E-state index contributed by atoms with van der Waals surface area (Å²) < 4.78 is 10.3. The lowest BCUT2D eigenvalue weighted by Crippen LogP contribution is -2.49. The largest absolute Gasteiger partial charge is 0.382 e. The first kappa shape index (κ1) is 15.1. The minimum Gasteiger partial charge on any atom is -0.382 e. The maximum atomic E-state index is 5.73. The number of hydrogen-bond acceptors (Lipinski definition) is 4. The van der Waals surface area contributed by atoms with Crippen LogP contribution < -0.4 is 5.73 Å². The zero-order valence-electron chi connectivity index (χ0n) is 9.65. The Morgan fingerprint density at radius 1 is 1.27 bits per heavy atom. The number of likely N-dealkylation sites (N-methyl/N-ethyl adjacent to an activating group) is 1. The average molecular weight is 239 g/mol. The van der Waals surface area contributed by atoms with Crippen molar-refractivity contribution in [2.75, 3.05) is 40.5 Å². The lowest BCUT2D eigenvalue weighted by atomic mass is 9.86. The molecular weight excluding hydrogens is 216 g/mol. The molecule has 2 N–H and O–H groups in total. The van der Waals surface area contributed by atoms with E-state index in [1.54, 1.807) is 7.11 Å². The molecule has 1 saturated carbocycles. The molecule has 0 radical (unpaired) electrons. The standard InChI is InChI=1S/C10H22N2O2.ClH/c1-12(10-7-9(11)8-10)3-4-14-6-5-13-2;/h9-10H,3-8,11H2,1-2H3;1H. The van der Waals surface area contributed by atoms with E-state index in [1.807, 2.05) is 0 Å². The smallest absolute Gasteiger partial charge is 0.0700 e. The quantitative estimate of drug-likeness (QED) is 0.656. The third kappa shape index (κ3) is 5.68. The molecule has 1 aliphatic rings. The summed E-state index contributed by atoms with van der Waals surface area (Å²) in [5, 5.41) is 0. The van der Waals surface area contributed by atoms with Crippen LogP contribution in [0.25, 0.3) is 0 Å². The van der Waals surface area contributed by atoms with Crippen LogP contribution in [0.5, 0.6) is 0 Å². The predicted molar refractivity (Wildman–Crippen MR) is 63.6 cm³/mol. The Balaban J connectivity index is 0.00000196. The molecule has 92 valence electrons. The Morgan fingerprint density at radius 2 is 1.93 bits per heavy atom. The fraction of sp³-hybridized carbons (Fsp3) is 1.00. The van der Waals surface area contributed by atoms with E-state index in [4.69, 9.17) is 15.2 Å². The normalized spacial score (nSPS) is 24.8. The van der Waals surface area contributed by atoms with E-state index in [0.29, 0.717) is 25.3 Å². The van der Waals surface area contributed by atoms with E-state index in [9.17, 15) is 0 Å². The first-order chi connectivity index (χ1) is 6.74. The molecule has 0 spiro atoms. The van der Waals surface area contributed by atoms with E-state index in [-0.39, 0.29) is 12.4 Å². The van der Waals surface area contributed by atoms with Crippen LogP contribution >= 0.6 is 12.4 Å². The summed E-state index contributed by atoms with van der Waals surface area (Å²) in [5.41, 5.74) is 5.73. The Labute approximate surface area is 98.5 Å². The first-order valence-corrected chi connectivity index (χ1v) is 5.26. The maximum Gasteiger partial charge on any atom is 0.0700 e. The molecule has 0 bridgehead atoms. The van der Waals surface area contributed by atoms with Crippen LogP contribution in [0, 0.1) is 0 Å². The van der Waals surface area contributed by atoms with Gasteiger partial charge < -0.3 is 20.1 Å². The number of nitrogens with two attached hydrogens (primary N) is 1. The van der Waals surface area contributed by atoms with Gasteiger partial charge in [0.05, 0.1) is 19.8 Å². The van der Waals surface area contributed by atoms with E-state index in [2.05, 4.69) is 11.9 Å². The van der Waals surface area contributed by atoms with Crippen LogP contribution in [0.1, 0.15) is 12.8 Å². The summed E-state index contributed by atoms with van der Waals surface area (Å²) in [6, 6.07) is 1.10. The van der Waals surface area contributed by atoms with Gasteiger partial charge in [0, 0.05) is 25.7 Å². The van der Waals surface area contributed by atoms with E-state index in [0.717, 1.165) is 26.0 Å². The third-order valence-electron chi connectivity index (χ3n) is 2.79. The van der Waals surface area contributed by atoms with Crippen LogP contribution in [-0.2, 0) is 9.47 Å². The van der Waals surface area contributed by atoms with Gasteiger partial charge in [-0.2, -0.15) is 0 Å². The highest BCUT2D eigenvalue weighted by Crippen LogP contribution is 2.22. The monoisotopic (exact) mass is 238 g/mol. The minimum absolute atomic E-state index is 0. The summed E-state index contributed by atoms with van der Waals surface area (Å²) >= 11 is 0. The van der Waals surface area contributed by atoms with Crippen LogP contribution in [0.4, 0.5) is 0 Å². The molecule has 0 amide bonds. The molecule has 0 aromatic carbocycles. The molecular formula is C10H23ClN2O2. The molecule has 0 heterocycles. The van der Waals surface area contributed by atoms with E-state index >= 15 is 0 Å². The molecule has 4 nitrogen and oxygen atoms in total. The molecule has 0 unspecified atom stereocenters. The van der Waals surface area contributed by atoms with Gasteiger partial charge in [0.15, 0.2) is 0 Å². The van der Waals surface area contributed by atoms with Crippen molar-refractivity contribution in [1.29, 1.82) is 0 Å². The molecule has 0 atom stereocenters. The molecule has 0 aromatic heterocycles. The second-order valence-electron chi connectivity index (χ2n) is 3.97. The highest BCUT2D eigenvalue weighted by atomic mass is 35.5. The van der Waals surface area contributed by atoms with Gasteiger partial charge in [-0.05, 0) is 19.9 Å². The van der Waals surface area contributed by atoms with Gasteiger partial charge in [-0.15, -0.1) is 12.4 Å². The van der Waals surface area contributed by atoms with E-state index in [1.165, 1.54) is 0 Å². The summed E-state index contributed by atoms with van der Waals surface area (Å²) in [6.45, 7) is 3.14. The lowest BCUT2D eigenvalue weighted by molar-refractivity contribution is 0.0442. The van der Waals surface area contributed by atoms with Crippen molar-refractivity contribution in [1.82, 2.24) is 4.90 Å². The zero-order valence-corrected chi connectivity index (χ0v) is 10.5. The Morgan fingerprint density at radius 3 is 2.47 bits per heavy atom. The predicted octanol–water partition coefficient (Wildman–Crippen LogP) is 0.493. The molecule has 1 aliphatic carbocycles. The van der Waals surface area contributed by atoms with Crippen molar-refractivity contribution in [2.45, 2.75) is 24.9 Å². The average Bonchev–Trinajstić information content (AvgIpc) is 2.12. The van der Waals surface area contributed by atoms with Gasteiger partial charge in [-0.1, -0.05) is 0 Å². The number of rotatable bonds is 7. The van der Waals surface area contributed by atoms with Crippen LogP contribution in [0.2, 0.25) is 0 Å². The van der Waals surface area contributed by atoms with Crippen molar-refractivity contribution in [3.8, 4) is 0 Å². The summed E-state index contributed by atoms with van der Waals surface area (Å²) in [4.78, 5) is 2.33. The molecule has 1 rings (SSSR count). The van der Waals surface area contributed by atoms with Gasteiger partial charge in [0.1, 0.15) is 0 Å². The van der Waals surface area contributed by atoms with Gasteiger partial charge in [0.25, 0.3) is 0 Å². The molecule has 0 saturated heterocycles. The van der Waals surface area contributed by atoms with Crippen molar-refractivity contribution in [3.63, 3.8) is 0 Å². The third-order valence-corrected chi connectivity index (χ3v) is 2.79. The van der Waals surface area contributed by atoms with Gasteiger partial charge in [-0.3, -0.25) is 0 Å². The second-order valence-corrected chi connectivity index (χ2v) is 3.97. The highest BCUT2D eigenvalue weighted by Gasteiger charge is 2.28. The number of halogens is 1. The Bertz CT molecular complexity index is 154. The van der Waals surface area contributed by atoms with Crippen molar-refractivity contribution < 1.29 is 9.47 Å². The van der Waals surface area contributed by atoms with Crippen LogP contribution in [-0.4, -0.2) is 57.5 Å². The summed E-state index contributed by atoms with van der Waals surface area (Å²) in [6.07, 6.45) is 2.27. The molecule has 0 aliphatic heterocycles. The molecule has 15 heavy (non-hydrogen) atoms. The van der Waals surface area contributed by atoms with Gasteiger partial charge in [-0.25, -0.2) is 0 Å². The maximum absolute atomic E-state index is 5.73. The second kappa shape index (κ2) is 8.30. The molecule has 1 fully saturated rings. The first-order valence-electron chi connectivity index (χ1n) is 5.26. The Hall–Kier alpha value is 0.130. The van der Waals surface area contributed by atoms with Crippen molar-refractivity contribution in [3.05, 3.63) is 0 Å². The fourth-order valence-electron chi connectivity index (χ4n) is 1.63. The van der Waals surface area contributed by atoms with Gasteiger partial charge in [0.2, 0.25) is 0 Å². The zero-order chi connectivity index (χ0) is 10.4. The summed E-state index contributed by atoms with van der Waals surface area (Å²) in [7, 11) is 3.82. The molecule has 0 aromatic rings. The highest BCUT2D eigenvalue weighted by molar-refractivity contribution is 5.85. The van der Waals surface area contributed by atoms with Crippen LogP contribution in [0.15, 0.2) is 0 Å². The Kier molecular flexibility index (Phi) is 8.37. The molecule has 5 heteroatoms. The van der Waals surface area contributed by atoms with Gasteiger partial charge >= 0.3 is 0 Å². The van der Waals surface area contributed by atoms with E-state index < -0.39 is 0 Å². The SMILES string of the molecule is COCCOCCN(C)C1CC(N)C1.Cl. The summed E-state index contributed by atoms with van der Waals surface area (Å²) in [5.74, 6) is 0. The van der Waals surface area contributed by atoms with Crippen LogP contribution in [0.3, 0.4) is 0 Å².